The summed E-state index contributed by atoms with van der Waals surface area (Å²) in [5.41, 5.74) is 0.581. The fraction of sp³-hybridized carbons (Fsp3) is 0.778. The Morgan fingerprint density at radius 3 is 1.58 bits per heavy atom. The molecule has 0 atom stereocenters. The van der Waals surface area contributed by atoms with Crippen LogP contribution in [0.3, 0.4) is 0 Å². The Bertz CT molecular complexity index is 1160. The first-order chi connectivity index (χ1) is 18.7. The van der Waals surface area contributed by atoms with Crippen molar-refractivity contribution in [3.05, 3.63) is 17.1 Å². The van der Waals surface area contributed by atoms with Crippen LogP contribution in [0.15, 0.2) is 0 Å². The summed E-state index contributed by atoms with van der Waals surface area (Å²) in [6, 6.07) is 0. The number of nitrogens with two attached hydrogens (primary N) is 1. The largest absolute Gasteiger partial charge is 0.802 e. The van der Waals surface area contributed by atoms with Gasteiger partial charge in [-0.05, 0) is 105 Å². The van der Waals surface area contributed by atoms with Crippen molar-refractivity contribution in [2.75, 3.05) is 6.26 Å². The molecule has 0 unspecified atom stereocenters. The zero-order valence-electron chi connectivity index (χ0n) is 26.7. The molecule has 3 amide bonds. The fourth-order valence-corrected chi connectivity index (χ4v) is 6.05. The molecule has 236 valence electrons. The first kappa shape index (κ1) is 40.4. The summed E-state index contributed by atoms with van der Waals surface area (Å²) in [5, 5.41) is 22.5. The van der Waals surface area contributed by atoms with Gasteiger partial charge in [-0.3, -0.25) is 10.2 Å². The monoisotopic (exact) mass is 770 g/mol. The number of hydrazine groups is 1. The van der Waals surface area contributed by atoms with Crippen LogP contribution in [-0.4, -0.2) is 61.9 Å². The van der Waals surface area contributed by atoms with E-state index in [2.05, 4.69) is 31.2 Å². The van der Waals surface area contributed by atoms with Gasteiger partial charge in [0.05, 0.1) is 5.41 Å². The summed E-state index contributed by atoms with van der Waals surface area (Å²) in [7, 11) is 0. The molecule has 13 nitrogen and oxygen atoms in total. The van der Waals surface area contributed by atoms with E-state index in [1.165, 1.54) is 11.8 Å². The average molecular weight is 771 g/mol. The fourth-order valence-electron chi connectivity index (χ4n) is 6.05. The van der Waals surface area contributed by atoms with Crippen molar-refractivity contribution in [1.82, 2.24) is 31.2 Å². The minimum absolute atomic E-state index is 0. The number of rotatable bonds is 4. The Kier molecular flexibility index (Phi) is 13.5. The summed E-state index contributed by atoms with van der Waals surface area (Å²) in [5.74, 6) is 6.52. The van der Waals surface area contributed by atoms with Gasteiger partial charge in [-0.2, -0.15) is 11.8 Å². The van der Waals surface area contributed by atoms with Crippen LogP contribution in [0.5, 0.6) is 0 Å². The number of ether oxygens (including phenoxy) is 2. The van der Waals surface area contributed by atoms with Crippen molar-refractivity contribution in [3.8, 4) is 0 Å². The third-order valence-electron chi connectivity index (χ3n) is 7.53. The van der Waals surface area contributed by atoms with Crippen molar-refractivity contribution >= 4 is 34.9 Å². The van der Waals surface area contributed by atoms with Crippen LogP contribution in [0.4, 0.5) is 9.59 Å². The van der Waals surface area contributed by atoms with E-state index in [1.54, 1.807) is 6.92 Å². The van der Waals surface area contributed by atoms with Gasteiger partial charge in [0, 0.05) is 81.9 Å². The van der Waals surface area contributed by atoms with E-state index in [1.807, 2.05) is 54.7 Å². The number of nitrogens with zero attached hydrogens (tertiary/aromatic N) is 4. The molecule has 6 saturated carbocycles. The van der Waals surface area contributed by atoms with Gasteiger partial charge in [-0.25, -0.2) is 15.4 Å². The third-order valence-corrected chi connectivity index (χ3v) is 8.12. The summed E-state index contributed by atoms with van der Waals surface area (Å²) >= 11 is 1.35. The molecule has 0 saturated heterocycles. The number of hydrogen-bond acceptors (Lipinski definition) is 9. The normalized spacial score (nSPS) is 28.6. The van der Waals surface area contributed by atoms with Crippen LogP contribution >= 0.6 is 11.8 Å². The predicted molar refractivity (Wildman–Crippen MR) is 156 cm³/mol. The smallest absolute Gasteiger partial charge is 0.408 e. The average Bonchev–Trinajstić information content (AvgIpc) is 3.15. The zero-order chi connectivity index (χ0) is 31.1. The van der Waals surface area contributed by atoms with E-state index in [9.17, 15) is 14.4 Å². The van der Waals surface area contributed by atoms with E-state index >= 15 is 0 Å². The molecule has 1 aromatic heterocycles. The minimum atomic E-state index is -0.500. The van der Waals surface area contributed by atoms with Crippen LogP contribution < -0.4 is 26.9 Å². The standard InChI is InChI=1S/C13H20N4O2.C11H19N3O3.C3H6NS.2Y/c1-8-14-9(17-16-8)12-5-13(6-12,7-12)15-10(18)19-11(2,3)4;1-9(2,3)17-8(16)13-11-4-10(5-11,6-11)7(15)14-12;1-3(4)5-2;;/h5-7H2,1-4H3,(H2,14,15,16,17,18);4-6,12H2,1-3H3,(H,13,16)(H,14,15);1-2H3;;/q;;-1;;/p-1. The molecule has 1 heterocycles. The van der Waals surface area contributed by atoms with Gasteiger partial charge in [0.1, 0.15) is 11.2 Å². The van der Waals surface area contributed by atoms with E-state index in [4.69, 9.17) is 20.7 Å². The Morgan fingerprint density at radius 2 is 1.28 bits per heavy atom. The molecular formula is C27H44N8O5SY2-2. The number of amides is 3. The summed E-state index contributed by atoms with van der Waals surface area (Å²) < 4.78 is 10.5. The van der Waals surface area contributed by atoms with Crippen LogP contribution in [0.25, 0.3) is 5.41 Å². The second-order valence-electron chi connectivity index (χ2n) is 13.8. The number of aromatic nitrogens is 3. The van der Waals surface area contributed by atoms with Gasteiger partial charge in [-0.15, -0.1) is 5.04 Å². The Labute approximate surface area is 308 Å². The van der Waals surface area contributed by atoms with Crippen LogP contribution in [0.2, 0.25) is 0 Å². The minimum Gasteiger partial charge on any atom is -0.802 e. The maximum atomic E-state index is 11.8. The van der Waals surface area contributed by atoms with Gasteiger partial charge in [-0.1, -0.05) is 6.92 Å². The molecule has 16 heteroatoms. The number of aryl methyl sites for hydroxylation is 1. The maximum absolute atomic E-state index is 11.8. The quantitative estimate of drug-likeness (QED) is 0.116. The molecular weight excluding hydrogens is 726 g/mol. The number of alkyl carbamates (subject to hydrolysis) is 2. The van der Waals surface area contributed by atoms with Crippen molar-refractivity contribution < 1.29 is 89.3 Å². The number of thioether (sulfide) groups is 1. The molecule has 6 aliphatic rings. The van der Waals surface area contributed by atoms with Crippen molar-refractivity contribution in [1.29, 1.82) is 0 Å². The first-order valence-corrected chi connectivity index (χ1v) is 14.9. The van der Waals surface area contributed by atoms with Crippen molar-refractivity contribution in [3.63, 3.8) is 0 Å². The predicted octanol–water partition coefficient (Wildman–Crippen LogP) is 3.20. The number of carbonyl (C=O) groups is 3. The molecule has 0 spiro atoms. The Morgan fingerprint density at radius 1 is 0.884 bits per heavy atom. The van der Waals surface area contributed by atoms with Crippen molar-refractivity contribution in [2.24, 2.45) is 11.3 Å². The van der Waals surface area contributed by atoms with Crippen LogP contribution in [0, 0.1) is 12.3 Å². The van der Waals surface area contributed by atoms with Gasteiger partial charge < -0.3 is 40.7 Å². The van der Waals surface area contributed by atoms with Gasteiger partial charge in [0.15, 0.2) is 0 Å². The second kappa shape index (κ2) is 14.4. The van der Waals surface area contributed by atoms with E-state index in [0.29, 0.717) is 30.1 Å². The SMILES string of the molecule is CC(C)(C)OC(=O)NC12CC(C(=O)NN)(C1)C2.CSC(C)=[N-].Cc1nnc(C23CC(NC(=O)OC(C)(C)C)(C2)C3)[n-]1.[Y].[Y]. The molecule has 4 bridgehead atoms. The number of hydrogen-bond donors (Lipinski definition) is 4. The van der Waals surface area contributed by atoms with Crippen molar-refractivity contribution in [2.45, 2.75) is 122 Å². The van der Waals surface area contributed by atoms with E-state index < -0.39 is 17.3 Å². The molecule has 1 aromatic rings. The number of carbonyl (C=O) groups excluding carboxylic acids is 3. The zero-order valence-corrected chi connectivity index (χ0v) is 33.2. The summed E-state index contributed by atoms with van der Waals surface area (Å²) in [4.78, 5) is 39.1. The molecule has 6 aliphatic carbocycles. The molecule has 0 aromatic carbocycles. The first-order valence-electron chi connectivity index (χ1n) is 13.6. The number of nitrogens with one attached hydrogen (secondary N) is 3. The van der Waals surface area contributed by atoms with Gasteiger partial charge >= 0.3 is 12.2 Å². The molecule has 0 aliphatic heterocycles. The molecule has 7 rings (SSSR count). The van der Waals surface area contributed by atoms with E-state index in [0.717, 1.165) is 25.1 Å². The summed E-state index contributed by atoms with van der Waals surface area (Å²) in [6.07, 6.45) is 5.72. The third kappa shape index (κ3) is 9.91. The Balaban J connectivity index is 0.000000360. The van der Waals surface area contributed by atoms with Crippen LogP contribution in [-0.2, 0) is 85.1 Å². The van der Waals surface area contributed by atoms with Gasteiger partial charge in [0.2, 0.25) is 5.91 Å². The summed E-state index contributed by atoms with van der Waals surface area (Å²) in [6.45, 7) is 14.5. The topological polar surface area (TPSA) is 194 Å². The second-order valence-corrected chi connectivity index (χ2v) is 14.8. The maximum Gasteiger partial charge on any atom is 0.408 e. The molecule has 43 heavy (non-hydrogen) atoms. The van der Waals surface area contributed by atoms with E-state index in [-0.39, 0.29) is 99.3 Å². The Hall–Kier alpha value is -0.662. The molecule has 5 N–H and O–H groups in total. The van der Waals surface area contributed by atoms with Crippen LogP contribution in [0.1, 0.15) is 98.6 Å². The molecule has 2 radical (unpaired) electrons. The molecule has 6 fully saturated rings. The van der Waals surface area contributed by atoms with Gasteiger partial charge in [0.25, 0.3) is 0 Å².